The lowest BCUT2D eigenvalue weighted by molar-refractivity contribution is -0.116. The molecular weight excluding hydrogens is 241 g/mol. The summed E-state index contributed by atoms with van der Waals surface area (Å²) in [5, 5.41) is 8.82. The number of ketones is 1. The normalized spacial score (nSPS) is 9.95. The molecule has 0 heterocycles. The van der Waals surface area contributed by atoms with Gasteiger partial charge in [-0.1, -0.05) is 24.3 Å². The molecular formula is C16H12FNO. The molecule has 0 amide bonds. The van der Waals surface area contributed by atoms with Gasteiger partial charge in [-0.15, -0.1) is 0 Å². The maximum atomic E-state index is 13.4. The van der Waals surface area contributed by atoms with Crippen LogP contribution in [-0.4, -0.2) is 5.78 Å². The van der Waals surface area contributed by atoms with Crippen LogP contribution in [0.15, 0.2) is 42.5 Å². The van der Waals surface area contributed by atoms with Crippen molar-refractivity contribution >= 4 is 5.78 Å². The van der Waals surface area contributed by atoms with Crippen molar-refractivity contribution in [3.63, 3.8) is 0 Å². The highest BCUT2D eigenvalue weighted by Gasteiger charge is 2.04. The Morgan fingerprint density at radius 2 is 1.84 bits per heavy atom. The lowest BCUT2D eigenvalue weighted by Gasteiger charge is -2.04. The first-order valence-electron chi connectivity index (χ1n) is 5.88. The third-order valence-electron chi connectivity index (χ3n) is 2.77. The number of rotatable bonds is 3. The number of hydrogen-bond acceptors (Lipinski definition) is 2. The Hall–Kier alpha value is -2.47. The van der Waals surface area contributed by atoms with Gasteiger partial charge in [0.2, 0.25) is 0 Å². The van der Waals surface area contributed by atoms with Crippen molar-refractivity contribution in [2.24, 2.45) is 0 Å². The second kappa shape index (κ2) is 5.45. The number of benzene rings is 2. The van der Waals surface area contributed by atoms with Crippen LogP contribution in [0.1, 0.15) is 18.1 Å². The van der Waals surface area contributed by atoms with E-state index in [-0.39, 0.29) is 5.78 Å². The van der Waals surface area contributed by atoms with E-state index in [4.69, 9.17) is 5.26 Å². The average Bonchev–Trinajstić information content (AvgIpc) is 2.38. The number of carbonyl (C=O) groups is 1. The molecule has 3 heteroatoms. The van der Waals surface area contributed by atoms with Crippen LogP contribution in [0.2, 0.25) is 0 Å². The highest BCUT2D eigenvalue weighted by atomic mass is 19.1. The summed E-state index contributed by atoms with van der Waals surface area (Å²) in [4.78, 5) is 11.0. The number of carbonyl (C=O) groups excluding carboxylic acids is 1. The lowest BCUT2D eigenvalue weighted by Crippen LogP contribution is -1.95. The first-order chi connectivity index (χ1) is 9.08. The Kier molecular flexibility index (Phi) is 3.72. The molecule has 19 heavy (non-hydrogen) atoms. The zero-order chi connectivity index (χ0) is 13.8. The van der Waals surface area contributed by atoms with Crippen LogP contribution < -0.4 is 0 Å². The van der Waals surface area contributed by atoms with Crippen LogP contribution in [0.25, 0.3) is 11.1 Å². The molecule has 0 fully saturated rings. The summed E-state index contributed by atoms with van der Waals surface area (Å²) in [5.41, 5.74) is 2.70. The van der Waals surface area contributed by atoms with Crippen molar-refractivity contribution in [3.8, 4) is 17.2 Å². The minimum Gasteiger partial charge on any atom is -0.300 e. The van der Waals surface area contributed by atoms with Crippen molar-refractivity contribution < 1.29 is 9.18 Å². The van der Waals surface area contributed by atoms with Crippen LogP contribution >= 0.6 is 0 Å². The fourth-order valence-corrected chi connectivity index (χ4v) is 1.92. The maximum Gasteiger partial charge on any atom is 0.134 e. The van der Waals surface area contributed by atoms with Crippen LogP contribution in [0.3, 0.4) is 0 Å². The number of nitriles is 1. The molecule has 2 aromatic carbocycles. The van der Waals surface area contributed by atoms with Crippen LogP contribution in [0.5, 0.6) is 0 Å². The topological polar surface area (TPSA) is 40.9 Å². The molecule has 0 aromatic heterocycles. The standard InChI is InChI=1S/C16H12FNO/c1-11(19)6-12-2-4-14(5-3-12)15-7-13(10-18)8-16(17)9-15/h2-5,7-9H,6H2,1H3. The summed E-state index contributed by atoms with van der Waals surface area (Å²) in [6.07, 6.45) is 0.396. The molecule has 0 spiro atoms. The van der Waals surface area contributed by atoms with Crippen molar-refractivity contribution in [2.75, 3.05) is 0 Å². The van der Waals surface area contributed by atoms with E-state index < -0.39 is 5.82 Å². The molecule has 2 aromatic rings. The predicted molar refractivity (Wildman–Crippen MR) is 70.9 cm³/mol. The van der Waals surface area contributed by atoms with E-state index in [0.29, 0.717) is 17.5 Å². The molecule has 0 unspecified atom stereocenters. The molecule has 0 aliphatic heterocycles. The zero-order valence-electron chi connectivity index (χ0n) is 10.5. The van der Waals surface area contributed by atoms with Gasteiger partial charge >= 0.3 is 0 Å². The molecule has 0 radical (unpaired) electrons. The quantitative estimate of drug-likeness (QED) is 0.840. The third kappa shape index (κ3) is 3.26. The van der Waals surface area contributed by atoms with Crippen LogP contribution in [-0.2, 0) is 11.2 Å². The molecule has 0 aliphatic carbocycles. The van der Waals surface area contributed by atoms with Gasteiger partial charge in [-0.2, -0.15) is 5.26 Å². The fourth-order valence-electron chi connectivity index (χ4n) is 1.92. The van der Waals surface area contributed by atoms with Crippen LogP contribution in [0.4, 0.5) is 4.39 Å². The Morgan fingerprint density at radius 1 is 1.16 bits per heavy atom. The lowest BCUT2D eigenvalue weighted by atomic mass is 10.0. The minimum atomic E-state index is -0.429. The van der Waals surface area contributed by atoms with E-state index in [2.05, 4.69) is 0 Å². The van der Waals surface area contributed by atoms with E-state index >= 15 is 0 Å². The summed E-state index contributed by atoms with van der Waals surface area (Å²) in [7, 11) is 0. The Bertz CT molecular complexity index is 653. The van der Waals surface area contributed by atoms with Gasteiger partial charge in [0, 0.05) is 6.42 Å². The molecule has 94 valence electrons. The van der Waals surface area contributed by atoms with Gasteiger partial charge in [-0.3, -0.25) is 4.79 Å². The number of halogens is 1. The monoisotopic (exact) mass is 253 g/mol. The molecule has 2 nitrogen and oxygen atoms in total. The molecule has 0 saturated carbocycles. The Balaban J connectivity index is 2.35. The van der Waals surface area contributed by atoms with E-state index in [1.165, 1.54) is 12.1 Å². The van der Waals surface area contributed by atoms with Gasteiger partial charge in [0.05, 0.1) is 11.6 Å². The van der Waals surface area contributed by atoms with Gasteiger partial charge in [0.1, 0.15) is 11.6 Å². The number of nitrogens with zero attached hydrogens (tertiary/aromatic N) is 1. The summed E-state index contributed by atoms with van der Waals surface area (Å²) in [5.74, 6) is -0.327. The fraction of sp³-hybridized carbons (Fsp3) is 0.125. The van der Waals surface area contributed by atoms with Crippen LogP contribution in [0, 0.1) is 17.1 Å². The third-order valence-corrected chi connectivity index (χ3v) is 2.77. The van der Waals surface area contributed by atoms with Gasteiger partial charge in [0.15, 0.2) is 0 Å². The van der Waals surface area contributed by atoms with Gasteiger partial charge in [-0.05, 0) is 41.8 Å². The Labute approximate surface area is 111 Å². The smallest absolute Gasteiger partial charge is 0.134 e. The second-order valence-corrected chi connectivity index (χ2v) is 4.42. The van der Waals surface area contributed by atoms with E-state index in [9.17, 15) is 9.18 Å². The molecule has 0 atom stereocenters. The summed E-state index contributed by atoms with van der Waals surface area (Å²) < 4.78 is 13.4. The first-order valence-corrected chi connectivity index (χ1v) is 5.88. The molecule has 0 bridgehead atoms. The predicted octanol–water partition coefficient (Wildman–Crippen LogP) is 3.50. The summed E-state index contributed by atoms with van der Waals surface area (Å²) in [6, 6.07) is 13.5. The van der Waals surface area contributed by atoms with Crippen molar-refractivity contribution in [2.45, 2.75) is 13.3 Å². The van der Waals surface area contributed by atoms with E-state index in [1.54, 1.807) is 13.0 Å². The van der Waals surface area contributed by atoms with E-state index in [1.807, 2.05) is 30.3 Å². The van der Waals surface area contributed by atoms with Crippen molar-refractivity contribution in [1.82, 2.24) is 0 Å². The molecule has 0 aliphatic rings. The van der Waals surface area contributed by atoms with Gasteiger partial charge in [-0.25, -0.2) is 4.39 Å². The number of hydrogen-bond donors (Lipinski definition) is 0. The highest BCUT2D eigenvalue weighted by Crippen LogP contribution is 2.22. The van der Waals surface area contributed by atoms with Gasteiger partial charge in [0.25, 0.3) is 0 Å². The molecule has 0 N–H and O–H groups in total. The second-order valence-electron chi connectivity index (χ2n) is 4.42. The summed E-state index contributed by atoms with van der Waals surface area (Å²) >= 11 is 0. The van der Waals surface area contributed by atoms with Crippen molar-refractivity contribution in [3.05, 3.63) is 59.4 Å². The zero-order valence-corrected chi connectivity index (χ0v) is 10.5. The van der Waals surface area contributed by atoms with E-state index in [0.717, 1.165) is 11.1 Å². The largest absolute Gasteiger partial charge is 0.300 e. The number of Topliss-reactive ketones (excluding diaryl/α,β-unsaturated/α-hetero) is 1. The molecule has 0 saturated heterocycles. The summed E-state index contributed by atoms with van der Waals surface area (Å²) in [6.45, 7) is 1.54. The van der Waals surface area contributed by atoms with Gasteiger partial charge < -0.3 is 0 Å². The average molecular weight is 253 g/mol. The highest BCUT2D eigenvalue weighted by molar-refractivity contribution is 5.78. The molecule has 2 rings (SSSR count). The van der Waals surface area contributed by atoms with Crippen molar-refractivity contribution in [1.29, 1.82) is 5.26 Å². The SMILES string of the molecule is CC(=O)Cc1ccc(-c2cc(F)cc(C#N)c2)cc1. The minimum absolute atomic E-state index is 0.102. The first kappa shape index (κ1) is 13.0. The Morgan fingerprint density at radius 3 is 2.42 bits per heavy atom. The maximum absolute atomic E-state index is 13.4.